The smallest absolute Gasteiger partial charge is 0.270 e. The number of hydrogen-bond donors (Lipinski definition) is 3. The second kappa shape index (κ2) is 10.3. The van der Waals surface area contributed by atoms with Crippen LogP contribution in [0.3, 0.4) is 0 Å². The van der Waals surface area contributed by atoms with Crippen LogP contribution in [0.4, 0.5) is 10.1 Å². The van der Waals surface area contributed by atoms with Crippen LogP contribution in [0.2, 0.25) is 5.15 Å². The lowest BCUT2D eigenvalue weighted by Crippen LogP contribution is -2.50. The third-order valence-corrected chi connectivity index (χ3v) is 7.47. The Labute approximate surface area is 223 Å². The maximum absolute atomic E-state index is 14.9. The second-order valence-corrected chi connectivity index (χ2v) is 10.8. The predicted octanol–water partition coefficient (Wildman–Crippen LogP) is 3.32. The quantitative estimate of drug-likeness (QED) is 0.358. The number of rotatable bonds is 10. The van der Waals surface area contributed by atoms with E-state index in [0.29, 0.717) is 17.5 Å². The van der Waals surface area contributed by atoms with Crippen molar-refractivity contribution in [1.29, 1.82) is 0 Å². The Hall–Kier alpha value is -3.54. The largest absolute Gasteiger partial charge is 0.339 e. The van der Waals surface area contributed by atoms with Gasteiger partial charge in [-0.3, -0.25) is 23.7 Å². The number of H-pyrrole nitrogens is 1. The van der Waals surface area contributed by atoms with Gasteiger partial charge in [-0.05, 0) is 76.3 Å². The third kappa shape index (κ3) is 5.35. The molecule has 0 bridgehead atoms. The molecule has 2 amide bonds. The summed E-state index contributed by atoms with van der Waals surface area (Å²) < 4.78 is 17.7. The summed E-state index contributed by atoms with van der Waals surface area (Å²) in [6.07, 6.45) is 6.86. The summed E-state index contributed by atoms with van der Waals surface area (Å²) in [5, 5.41) is 19.7. The first-order valence-electron chi connectivity index (χ1n) is 12.8. The van der Waals surface area contributed by atoms with Gasteiger partial charge in [0.2, 0.25) is 5.91 Å². The summed E-state index contributed by atoms with van der Waals surface area (Å²) >= 11 is 5.90. The third-order valence-electron chi connectivity index (χ3n) is 7.27. The van der Waals surface area contributed by atoms with E-state index in [2.05, 4.69) is 31.0 Å². The van der Waals surface area contributed by atoms with Crippen molar-refractivity contribution in [2.45, 2.75) is 64.6 Å². The predicted molar refractivity (Wildman–Crippen MR) is 137 cm³/mol. The molecule has 13 heteroatoms. The van der Waals surface area contributed by atoms with Crippen LogP contribution in [0, 0.1) is 23.7 Å². The molecule has 0 radical (unpaired) electrons. The molecule has 5 rings (SSSR count). The van der Waals surface area contributed by atoms with Crippen LogP contribution in [0.15, 0.2) is 29.3 Å². The second-order valence-electron chi connectivity index (χ2n) is 10.4. The topological polar surface area (TPSA) is 140 Å². The minimum atomic E-state index is -0.904. The van der Waals surface area contributed by atoms with Gasteiger partial charge in [0.05, 0.1) is 12.2 Å². The number of nitrogens with one attached hydrogen (secondary N) is 3. The van der Waals surface area contributed by atoms with Gasteiger partial charge in [-0.25, -0.2) is 5.10 Å². The van der Waals surface area contributed by atoms with E-state index >= 15 is 0 Å². The Balaban J connectivity index is 1.39. The van der Waals surface area contributed by atoms with Crippen molar-refractivity contribution in [3.05, 3.63) is 57.2 Å². The van der Waals surface area contributed by atoms with Crippen molar-refractivity contribution in [3.8, 4) is 0 Å². The molecule has 2 aliphatic carbocycles. The van der Waals surface area contributed by atoms with Gasteiger partial charge in [0.15, 0.2) is 0 Å². The van der Waals surface area contributed by atoms with E-state index in [0.717, 1.165) is 25.7 Å². The molecular weight excluding hydrogens is 515 g/mol. The number of amides is 2. The van der Waals surface area contributed by atoms with Crippen LogP contribution in [0.5, 0.6) is 0 Å². The van der Waals surface area contributed by atoms with Crippen molar-refractivity contribution in [3.63, 3.8) is 0 Å². The molecule has 0 aromatic carbocycles. The molecule has 3 aromatic rings. The SMILES string of the molecule is CC(c1cc(Cl)n[nH]c1=O)n1cc(NC(=O)C(NC(=O)c2ccnn2C(C)C)C(C2CC2)C2CC2)c(F)n1. The van der Waals surface area contributed by atoms with E-state index in [1.54, 1.807) is 23.9 Å². The van der Waals surface area contributed by atoms with Crippen LogP contribution in [-0.4, -0.2) is 47.6 Å². The highest BCUT2D eigenvalue weighted by Gasteiger charge is 2.48. The molecule has 0 spiro atoms. The molecule has 3 N–H and O–H groups in total. The number of aromatic nitrogens is 6. The molecular formula is C25H30ClFN8O3. The molecule has 11 nitrogen and oxygen atoms in total. The van der Waals surface area contributed by atoms with Gasteiger partial charge >= 0.3 is 0 Å². The minimum absolute atomic E-state index is 0.0369. The first-order valence-corrected chi connectivity index (χ1v) is 13.2. The van der Waals surface area contributed by atoms with Gasteiger partial charge in [-0.2, -0.15) is 14.6 Å². The van der Waals surface area contributed by atoms with Crippen LogP contribution < -0.4 is 16.2 Å². The summed E-state index contributed by atoms with van der Waals surface area (Å²) in [6, 6.07) is 1.43. The molecule has 2 aliphatic rings. The zero-order valence-corrected chi connectivity index (χ0v) is 22.1. The maximum atomic E-state index is 14.9. The zero-order valence-electron chi connectivity index (χ0n) is 21.3. The standard InChI is InChI=1S/C25H30ClFN8O3/c1-12(2)35-18(8-9-28-35)24(37)30-21(20(14-4-5-14)15-6-7-15)25(38)29-17-11-34(33-22(17)27)13(3)16-10-19(26)31-32-23(16)36/h8-15,20-21H,4-7H2,1-3H3,(H,29,38)(H,30,37)(H,32,36). The van der Waals surface area contributed by atoms with Crippen LogP contribution in [-0.2, 0) is 4.79 Å². The number of halogens is 2. The van der Waals surface area contributed by atoms with Crippen molar-refractivity contribution < 1.29 is 14.0 Å². The summed E-state index contributed by atoms with van der Waals surface area (Å²) in [5.41, 5.74) is -0.0317. The van der Waals surface area contributed by atoms with Gasteiger partial charge < -0.3 is 10.6 Å². The first kappa shape index (κ1) is 26.1. The number of aromatic amines is 1. The lowest BCUT2D eigenvalue weighted by Gasteiger charge is -2.27. The summed E-state index contributed by atoms with van der Waals surface area (Å²) in [4.78, 5) is 39.1. The van der Waals surface area contributed by atoms with Crippen LogP contribution in [0.1, 0.15) is 74.6 Å². The molecule has 202 valence electrons. The average molecular weight is 545 g/mol. The van der Waals surface area contributed by atoms with Gasteiger partial charge in [-0.1, -0.05) is 11.6 Å². The van der Waals surface area contributed by atoms with E-state index in [4.69, 9.17) is 11.6 Å². The summed E-state index contributed by atoms with van der Waals surface area (Å²) in [7, 11) is 0. The number of carbonyl (C=O) groups excluding carboxylic acids is 2. The van der Waals surface area contributed by atoms with Gasteiger partial charge in [0, 0.05) is 17.8 Å². The van der Waals surface area contributed by atoms with E-state index in [-0.39, 0.29) is 28.4 Å². The van der Waals surface area contributed by atoms with Gasteiger partial charge in [-0.15, -0.1) is 5.10 Å². The zero-order chi connectivity index (χ0) is 27.1. The molecule has 2 unspecified atom stereocenters. The molecule has 3 heterocycles. The van der Waals surface area contributed by atoms with Crippen LogP contribution >= 0.6 is 11.6 Å². The molecule has 0 saturated heterocycles. The minimum Gasteiger partial charge on any atom is -0.339 e. The molecule has 38 heavy (non-hydrogen) atoms. The average Bonchev–Trinajstić information content (AvgIpc) is 3.81. The first-order chi connectivity index (χ1) is 18.1. The fourth-order valence-electron chi connectivity index (χ4n) is 5.06. The summed E-state index contributed by atoms with van der Waals surface area (Å²) in [5.74, 6) is -1.17. The monoisotopic (exact) mass is 544 g/mol. The lowest BCUT2D eigenvalue weighted by molar-refractivity contribution is -0.119. The highest BCUT2D eigenvalue weighted by molar-refractivity contribution is 6.29. The van der Waals surface area contributed by atoms with E-state index in [1.165, 1.54) is 16.9 Å². The fraction of sp³-hybridized carbons (Fsp3) is 0.520. The number of hydrogen-bond acceptors (Lipinski definition) is 6. The normalized spacial score (nSPS) is 17.0. The Morgan fingerprint density at radius 3 is 2.50 bits per heavy atom. The number of carbonyl (C=O) groups is 2. The highest BCUT2D eigenvalue weighted by Crippen LogP contribution is 2.51. The van der Waals surface area contributed by atoms with Crippen LogP contribution in [0.25, 0.3) is 0 Å². The van der Waals surface area contributed by atoms with Gasteiger partial charge in [0.25, 0.3) is 17.4 Å². The van der Waals surface area contributed by atoms with E-state index < -0.39 is 35.4 Å². The Bertz CT molecular complexity index is 1400. The molecule has 0 aliphatic heterocycles. The van der Waals surface area contributed by atoms with E-state index in [1.807, 2.05) is 13.8 Å². The Morgan fingerprint density at radius 1 is 1.18 bits per heavy atom. The van der Waals surface area contributed by atoms with Crippen molar-refractivity contribution in [2.24, 2.45) is 17.8 Å². The van der Waals surface area contributed by atoms with Gasteiger partial charge in [0.1, 0.15) is 22.6 Å². The van der Waals surface area contributed by atoms with Crippen molar-refractivity contribution in [1.82, 2.24) is 35.1 Å². The number of anilines is 1. The maximum Gasteiger partial charge on any atom is 0.270 e. The molecule has 3 aromatic heterocycles. The number of nitrogens with zero attached hydrogens (tertiary/aromatic N) is 5. The molecule has 2 fully saturated rings. The summed E-state index contributed by atoms with van der Waals surface area (Å²) in [6.45, 7) is 5.48. The molecule has 2 saturated carbocycles. The van der Waals surface area contributed by atoms with Crippen molar-refractivity contribution in [2.75, 3.05) is 5.32 Å². The molecule has 2 atom stereocenters. The van der Waals surface area contributed by atoms with E-state index in [9.17, 15) is 18.8 Å². The Kier molecular flexibility index (Phi) is 7.08. The highest BCUT2D eigenvalue weighted by atomic mass is 35.5. The fourth-order valence-corrected chi connectivity index (χ4v) is 5.22. The van der Waals surface area contributed by atoms with Crippen molar-refractivity contribution >= 4 is 29.1 Å². The lowest BCUT2D eigenvalue weighted by atomic mass is 9.88. The Morgan fingerprint density at radius 2 is 1.87 bits per heavy atom.